The third-order valence-electron chi connectivity index (χ3n) is 3.26. The van der Waals surface area contributed by atoms with Crippen LogP contribution in [0.25, 0.3) is 0 Å². The lowest BCUT2D eigenvalue weighted by Gasteiger charge is -2.25. The molecule has 17 heavy (non-hydrogen) atoms. The van der Waals surface area contributed by atoms with Gasteiger partial charge < -0.3 is 16.2 Å². The zero-order valence-electron chi connectivity index (χ0n) is 10.5. The van der Waals surface area contributed by atoms with Gasteiger partial charge in [0.25, 0.3) is 0 Å². The maximum Gasteiger partial charge on any atom is 0.326 e. The van der Waals surface area contributed by atoms with Crippen molar-refractivity contribution < 1.29 is 14.7 Å². The summed E-state index contributed by atoms with van der Waals surface area (Å²) in [7, 11) is 0. The molecule has 0 heterocycles. The van der Waals surface area contributed by atoms with Crippen LogP contribution in [-0.2, 0) is 9.59 Å². The number of rotatable bonds is 5. The summed E-state index contributed by atoms with van der Waals surface area (Å²) in [5.41, 5.74) is 5.12. The fraction of sp³-hybridized carbons (Fsp3) is 0.833. The van der Waals surface area contributed by atoms with Crippen molar-refractivity contribution in [1.29, 1.82) is 0 Å². The molecular weight excluding hydrogens is 220 g/mol. The molecule has 98 valence electrons. The van der Waals surface area contributed by atoms with Crippen LogP contribution in [0, 0.1) is 5.92 Å². The standard InChI is InChI=1S/C12H22N2O3/c1-8(2)7-9(10(15)16)14-11(17)12(13)5-3-4-6-12/h8-9H,3-7,13H2,1-2H3,(H,14,17)(H,15,16)/t9-/m0/s1. The minimum atomic E-state index is -0.992. The number of carboxylic acid groups (broad SMARTS) is 1. The van der Waals surface area contributed by atoms with Crippen LogP contribution < -0.4 is 11.1 Å². The van der Waals surface area contributed by atoms with Crippen molar-refractivity contribution in [1.82, 2.24) is 5.32 Å². The summed E-state index contributed by atoms with van der Waals surface area (Å²) < 4.78 is 0. The molecule has 1 amide bonds. The lowest BCUT2D eigenvalue weighted by molar-refractivity contribution is -0.143. The van der Waals surface area contributed by atoms with E-state index in [9.17, 15) is 9.59 Å². The van der Waals surface area contributed by atoms with E-state index in [2.05, 4.69) is 5.32 Å². The second-order valence-corrected chi connectivity index (χ2v) is 5.36. The van der Waals surface area contributed by atoms with E-state index < -0.39 is 17.6 Å². The topological polar surface area (TPSA) is 92.4 Å². The van der Waals surface area contributed by atoms with Crippen LogP contribution in [0.5, 0.6) is 0 Å². The third kappa shape index (κ3) is 3.70. The summed E-state index contributed by atoms with van der Waals surface area (Å²) in [6, 6.07) is -0.830. The van der Waals surface area contributed by atoms with Gasteiger partial charge in [0.1, 0.15) is 6.04 Å². The average molecular weight is 242 g/mol. The summed E-state index contributed by atoms with van der Waals surface area (Å²) >= 11 is 0. The van der Waals surface area contributed by atoms with Crippen LogP contribution in [0.1, 0.15) is 46.0 Å². The highest BCUT2D eigenvalue weighted by atomic mass is 16.4. The van der Waals surface area contributed by atoms with Crippen LogP contribution in [-0.4, -0.2) is 28.6 Å². The molecule has 0 aromatic carbocycles. The summed E-state index contributed by atoms with van der Waals surface area (Å²) in [5, 5.41) is 11.6. The molecule has 1 aliphatic rings. The van der Waals surface area contributed by atoms with Crippen LogP contribution in [0.4, 0.5) is 0 Å². The van der Waals surface area contributed by atoms with E-state index in [-0.39, 0.29) is 11.8 Å². The first kappa shape index (κ1) is 14.0. The maximum absolute atomic E-state index is 12.0. The van der Waals surface area contributed by atoms with Gasteiger partial charge in [-0.05, 0) is 25.2 Å². The van der Waals surface area contributed by atoms with Gasteiger partial charge in [0, 0.05) is 0 Å². The summed E-state index contributed by atoms with van der Waals surface area (Å²) in [6.45, 7) is 3.85. The second kappa shape index (κ2) is 5.49. The van der Waals surface area contributed by atoms with Crippen molar-refractivity contribution in [3.63, 3.8) is 0 Å². The number of nitrogens with two attached hydrogens (primary N) is 1. The molecule has 0 aromatic heterocycles. The van der Waals surface area contributed by atoms with Gasteiger partial charge in [-0.2, -0.15) is 0 Å². The molecule has 0 aromatic rings. The molecule has 0 saturated heterocycles. The van der Waals surface area contributed by atoms with Gasteiger partial charge in [-0.3, -0.25) is 4.79 Å². The van der Waals surface area contributed by atoms with Gasteiger partial charge in [0.05, 0.1) is 5.54 Å². The first-order valence-corrected chi connectivity index (χ1v) is 6.18. The van der Waals surface area contributed by atoms with E-state index in [0.29, 0.717) is 19.3 Å². The van der Waals surface area contributed by atoms with E-state index in [1.807, 2.05) is 13.8 Å². The Morgan fingerprint density at radius 2 is 1.88 bits per heavy atom. The Labute approximate surface area is 102 Å². The normalized spacial score (nSPS) is 20.2. The van der Waals surface area contributed by atoms with Crippen LogP contribution in [0.3, 0.4) is 0 Å². The zero-order chi connectivity index (χ0) is 13.1. The first-order chi connectivity index (χ1) is 7.85. The highest BCUT2D eigenvalue weighted by Crippen LogP contribution is 2.27. The molecule has 0 spiro atoms. The van der Waals surface area contributed by atoms with Crippen molar-refractivity contribution >= 4 is 11.9 Å². The molecule has 0 unspecified atom stereocenters. The van der Waals surface area contributed by atoms with Crippen molar-refractivity contribution in [3.05, 3.63) is 0 Å². The Morgan fingerprint density at radius 1 is 1.35 bits per heavy atom. The van der Waals surface area contributed by atoms with Gasteiger partial charge in [0.2, 0.25) is 5.91 Å². The largest absolute Gasteiger partial charge is 0.480 e. The van der Waals surface area contributed by atoms with E-state index in [1.54, 1.807) is 0 Å². The van der Waals surface area contributed by atoms with Gasteiger partial charge in [-0.25, -0.2) is 4.79 Å². The SMILES string of the molecule is CC(C)C[C@H](NC(=O)C1(N)CCCC1)C(=O)O. The number of carboxylic acids is 1. The molecule has 4 N–H and O–H groups in total. The Bertz CT molecular complexity index is 296. The molecular formula is C12H22N2O3. The molecule has 1 fully saturated rings. The molecule has 1 rings (SSSR count). The minimum Gasteiger partial charge on any atom is -0.480 e. The summed E-state index contributed by atoms with van der Waals surface area (Å²) in [4.78, 5) is 23.0. The maximum atomic E-state index is 12.0. The van der Waals surface area contributed by atoms with Crippen molar-refractivity contribution in [2.45, 2.75) is 57.5 Å². The predicted molar refractivity (Wildman–Crippen MR) is 64.4 cm³/mol. The second-order valence-electron chi connectivity index (χ2n) is 5.36. The molecule has 5 nitrogen and oxygen atoms in total. The first-order valence-electron chi connectivity index (χ1n) is 6.18. The number of hydrogen-bond donors (Lipinski definition) is 3. The molecule has 1 aliphatic carbocycles. The zero-order valence-corrected chi connectivity index (χ0v) is 10.5. The number of amides is 1. The fourth-order valence-corrected chi connectivity index (χ4v) is 2.23. The third-order valence-corrected chi connectivity index (χ3v) is 3.26. The Hall–Kier alpha value is -1.10. The van der Waals surface area contributed by atoms with Gasteiger partial charge in [0.15, 0.2) is 0 Å². The lowest BCUT2D eigenvalue weighted by Crippen LogP contribution is -2.56. The summed E-state index contributed by atoms with van der Waals surface area (Å²) in [6.07, 6.45) is 3.59. The molecule has 5 heteroatoms. The van der Waals surface area contributed by atoms with Gasteiger partial charge >= 0.3 is 5.97 Å². The minimum absolute atomic E-state index is 0.216. The Balaban J connectivity index is 2.60. The number of carbonyl (C=O) groups is 2. The smallest absolute Gasteiger partial charge is 0.326 e. The van der Waals surface area contributed by atoms with Crippen molar-refractivity contribution in [2.75, 3.05) is 0 Å². The number of aliphatic carboxylic acids is 1. The molecule has 1 atom stereocenters. The fourth-order valence-electron chi connectivity index (χ4n) is 2.23. The summed E-state index contributed by atoms with van der Waals surface area (Å²) in [5.74, 6) is -1.09. The number of hydrogen-bond acceptors (Lipinski definition) is 3. The molecule has 0 aliphatic heterocycles. The predicted octanol–water partition coefficient (Wildman–Crippen LogP) is 0.873. The highest BCUT2D eigenvalue weighted by Gasteiger charge is 2.38. The van der Waals surface area contributed by atoms with Crippen molar-refractivity contribution in [3.8, 4) is 0 Å². The Kier molecular flexibility index (Phi) is 4.51. The highest BCUT2D eigenvalue weighted by molar-refractivity contribution is 5.90. The average Bonchev–Trinajstić information content (AvgIpc) is 2.64. The van der Waals surface area contributed by atoms with Crippen molar-refractivity contribution in [2.24, 2.45) is 11.7 Å². The lowest BCUT2D eigenvalue weighted by atomic mass is 9.96. The van der Waals surface area contributed by atoms with E-state index in [4.69, 9.17) is 10.8 Å². The molecule has 1 saturated carbocycles. The van der Waals surface area contributed by atoms with Gasteiger partial charge in [-0.15, -0.1) is 0 Å². The van der Waals surface area contributed by atoms with Crippen LogP contribution >= 0.6 is 0 Å². The van der Waals surface area contributed by atoms with E-state index in [1.165, 1.54) is 0 Å². The molecule has 0 bridgehead atoms. The van der Waals surface area contributed by atoms with Crippen LogP contribution in [0.15, 0.2) is 0 Å². The molecule has 0 radical (unpaired) electrons. The number of carbonyl (C=O) groups excluding carboxylic acids is 1. The Morgan fingerprint density at radius 3 is 2.29 bits per heavy atom. The van der Waals surface area contributed by atoms with E-state index in [0.717, 1.165) is 12.8 Å². The van der Waals surface area contributed by atoms with Crippen LogP contribution in [0.2, 0.25) is 0 Å². The monoisotopic (exact) mass is 242 g/mol. The van der Waals surface area contributed by atoms with Gasteiger partial charge in [-0.1, -0.05) is 26.7 Å². The number of nitrogens with one attached hydrogen (secondary N) is 1. The van der Waals surface area contributed by atoms with E-state index >= 15 is 0 Å². The quantitative estimate of drug-likeness (QED) is 0.667.